The van der Waals surface area contributed by atoms with Gasteiger partial charge in [0.05, 0.1) is 10.6 Å². The number of carbonyl (C=O) groups is 1. The Labute approximate surface area is 186 Å². The lowest BCUT2D eigenvalue weighted by molar-refractivity contribution is -0.114. The maximum Gasteiger partial charge on any atom is 0.264 e. The number of carbonyl (C=O) groups excluding carboxylic acids is 1. The Morgan fingerprint density at radius 2 is 1.50 bits per heavy atom. The van der Waals surface area contributed by atoms with E-state index >= 15 is 0 Å². The zero-order valence-corrected chi connectivity index (χ0v) is 18.7. The summed E-state index contributed by atoms with van der Waals surface area (Å²) in [5.74, 6) is -0.508. The predicted molar refractivity (Wildman–Crippen MR) is 122 cm³/mol. The first-order valence-electron chi connectivity index (χ1n) is 9.08. The van der Waals surface area contributed by atoms with E-state index in [1.54, 1.807) is 48.5 Å². The highest BCUT2D eigenvalue weighted by Gasteiger charge is 2.27. The molecule has 0 bridgehead atoms. The summed E-state index contributed by atoms with van der Waals surface area (Å²) in [6, 6.07) is 17.9. The molecule has 1 amide bonds. The van der Waals surface area contributed by atoms with Gasteiger partial charge < -0.3 is 5.32 Å². The third-order valence-corrected chi connectivity index (χ3v) is 7.12. The monoisotopic (exact) mass is 462 g/mol. The number of benzene rings is 3. The van der Waals surface area contributed by atoms with E-state index in [1.165, 1.54) is 18.2 Å². The van der Waals surface area contributed by atoms with Crippen molar-refractivity contribution in [2.75, 3.05) is 16.2 Å². The molecule has 0 spiro atoms. The average Bonchev–Trinajstić information content (AvgIpc) is 2.72. The van der Waals surface area contributed by atoms with Crippen molar-refractivity contribution in [2.24, 2.45) is 0 Å². The second kappa shape index (κ2) is 9.08. The normalized spacial score (nSPS) is 11.2. The van der Waals surface area contributed by atoms with Crippen molar-refractivity contribution in [1.82, 2.24) is 0 Å². The first-order valence-corrected chi connectivity index (χ1v) is 11.3. The highest BCUT2D eigenvalue weighted by molar-refractivity contribution is 7.92. The van der Waals surface area contributed by atoms with Crippen molar-refractivity contribution >= 4 is 50.5 Å². The van der Waals surface area contributed by atoms with Crippen LogP contribution in [0.15, 0.2) is 71.6 Å². The summed E-state index contributed by atoms with van der Waals surface area (Å²) in [7, 11) is -4.00. The summed E-state index contributed by atoms with van der Waals surface area (Å²) in [4.78, 5) is 12.8. The van der Waals surface area contributed by atoms with Crippen LogP contribution in [0.3, 0.4) is 0 Å². The molecule has 0 aromatic heterocycles. The molecule has 30 heavy (non-hydrogen) atoms. The molecule has 3 aromatic carbocycles. The Hall–Kier alpha value is -2.54. The zero-order chi connectivity index (χ0) is 21.9. The molecule has 156 valence electrons. The minimum atomic E-state index is -4.00. The fourth-order valence-electron chi connectivity index (χ4n) is 2.77. The molecule has 1 N–H and O–H groups in total. The molecule has 3 aromatic rings. The second-order valence-corrected chi connectivity index (χ2v) is 9.45. The van der Waals surface area contributed by atoms with Crippen molar-refractivity contribution < 1.29 is 13.2 Å². The van der Waals surface area contributed by atoms with Gasteiger partial charge in [-0.3, -0.25) is 9.10 Å². The number of rotatable bonds is 6. The van der Waals surface area contributed by atoms with E-state index in [1.807, 2.05) is 13.8 Å². The predicted octanol–water partition coefficient (Wildman–Crippen LogP) is 5.44. The van der Waals surface area contributed by atoms with Gasteiger partial charge in [-0.15, -0.1) is 0 Å². The number of aryl methyl sites for hydroxylation is 2. The van der Waals surface area contributed by atoms with Crippen LogP contribution in [0.4, 0.5) is 11.4 Å². The third-order valence-electron chi connectivity index (χ3n) is 4.52. The fourth-order valence-corrected chi connectivity index (χ4v) is 4.56. The largest absolute Gasteiger partial charge is 0.324 e. The minimum absolute atomic E-state index is 0.0767. The topological polar surface area (TPSA) is 66.5 Å². The number of hydrogen-bond acceptors (Lipinski definition) is 3. The number of nitrogens with zero attached hydrogens (tertiary/aromatic N) is 1. The molecular formula is C22H20Cl2N2O3S. The number of halogens is 2. The molecule has 0 aliphatic carbocycles. The number of sulfonamides is 1. The number of hydrogen-bond donors (Lipinski definition) is 1. The second-order valence-electron chi connectivity index (χ2n) is 6.77. The van der Waals surface area contributed by atoms with Gasteiger partial charge in [0.15, 0.2) is 0 Å². The molecule has 0 saturated heterocycles. The average molecular weight is 463 g/mol. The Morgan fingerprint density at radius 1 is 0.900 bits per heavy atom. The molecule has 0 aliphatic heterocycles. The SMILES string of the molecule is Cc1ccc(NC(=O)CN(c2ccc(C)c(Cl)c2)S(=O)(=O)c2ccccc2)cc1Cl. The van der Waals surface area contributed by atoms with Crippen molar-refractivity contribution in [3.05, 3.63) is 87.9 Å². The van der Waals surface area contributed by atoms with Gasteiger partial charge in [0, 0.05) is 15.7 Å². The molecule has 0 radical (unpaired) electrons. The molecule has 0 heterocycles. The van der Waals surface area contributed by atoms with Crippen LogP contribution in [0.2, 0.25) is 10.0 Å². The van der Waals surface area contributed by atoms with Gasteiger partial charge in [-0.05, 0) is 61.4 Å². The van der Waals surface area contributed by atoms with Crippen molar-refractivity contribution in [3.63, 3.8) is 0 Å². The van der Waals surface area contributed by atoms with Crippen LogP contribution in [0.25, 0.3) is 0 Å². The van der Waals surface area contributed by atoms with Gasteiger partial charge in [-0.25, -0.2) is 8.42 Å². The number of anilines is 2. The van der Waals surface area contributed by atoms with Gasteiger partial charge in [0.2, 0.25) is 5.91 Å². The smallest absolute Gasteiger partial charge is 0.264 e. The van der Waals surface area contributed by atoms with Crippen LogP contribution >= 0.6 is 23.2 Å². The van der Waals surface area contributed by atoms with Gasteiger partial charge in [0.1, 0.15) is 6.54 Å². The van der Waals surface area contributed by atoms with Crippen LogP contribution in [-0.2, 0) is 14.8 Å². The summed E-state index contributed by atoms with van der Waals surface area (Å²) in [6.45, 7) is 3.24. The first kappa shape index (κ1) is 22.2. The third kappa shape index (κ3) is 4.95. The van der Waals surface area contributed by atoms with Gasteiger partial charge in [-0.2, -0.15) is 0 Å². The molecule has 3 rings (SSSR count). The summed E-state index contributed by atoms with van der Waals surface area (Å²) >= 11 is 12.3. The molecule has 0 atom stereocenters. The van der Waals surface area contributed by atoms with Crippen LogP contribution < -0.4 is 9.62 Å². The lowest BCUT2D eigenvalue weighted by Gasteiger charge is -2.24. The first-order chi connectivity index (χ1) is 14.2. The van der Waals surface area contributed by atoms with E-state index in [0.29, 0.717) is 21.4 Å². The highest BCUT2D eigenvalue weighted by Crippen LogP contribution is 2.28. The molecule has 8 heteroatoms. The molecule has 0 fully saturated rings. The van der Waals surface area contributed by atoms with Crippen molar-refractivity contribution in [3.8, 4) is 0 Å². The van der Waals surface area contributed by atoms with Crippen molar-refractivity contribution in [2.45, 2.75) is 18.7 Å². The molecule has 0 saturated carbocycles. The quantitative estimate of drug-likeness (QED) is 0.529. The Bertz CT molecular complexity index is 1180. The minimum Gasteiger partial charge on any atom is -0.324 e. The van der Waals surface area contributed by atoms with Crippen LogP contribution in [0, 0.1) is 13.8 Å². The van der Waals surface area contributed by atoms with Crippen LogP contribution in [0.1, 0.15) is 11.1 Å². The van der Waals surface area contributed by atoms with E-state index in [0.717, 1.165) is 15.4 Å². The summed E-state index contributed by atoms with van der Waals surface area (Å²) in [6.07, 6.45) is 0. The van der Waals surface area contributed by atoms with E-state index in [9.17, 15) is 13.2 Å². The molecule has 0 aliphatic rings. The summed E-state index contributed by atoms with van der Waals surface area (Å²) in [5.41, 5.74) is 2.45. The number of nitrogens with one attached hydrogen (secondary N) is 1. The Balaban J connectivity index is 1.95. The van der Waals surface area contributed by atoms with Gasteiger partial charge >= 0.3 is 0 Å². The molecule has 0 unspecified atom stereocenters. The summed E-state index contributed by atoms with van der Waals surface area (Å²) in [5, 5.41) is 3.61. The van der Waals surface area contributed by atoms with E-state index in [2.05, 4.69) is 5.32 Å². The molecule has 5 nitrogen and oxygen atoms in total. The van der Waals surface area contributed by atoms with Gasteiger partial charge in [0.25, 0.3) is 10.0 Å². The van der Waals surface area contributed by atoms with Crippen LogP contribution in [0.5, 0.6) is 0 Å². The van der Waals surface area contributed by atoms with Crippen LogP contribution in [-0.4, -0.2) is 20.9 Å². The highest BCUT2D eigenvalue weighted by atomic mass is 35.5. The zero-order valence-electron chi connectivity index (χ0n) is 16.4. The number of amides is 1. The van der Waals surface area contributed by atoms with E-state index in [-0.39, 0.29) is 4.90 Å². The maximum atomic E-state index is 13.3. The summed E-state index contributed by atoms with van der Waals surface area (Å²) < 4.78 is 27.6. The maximum absolute atomic E-state index is 13.3. The lowest BCUT2D eigenvalue weighted by atomic mass is 10.2. The Morgan fingerprint density at radius 3 is 2.10 bits per heavy atom. The standard InChI is InChI=1S/C22H20Cl2N2O3S/c1-15-8-10-17(12-20(15)23)25-22(27)14-26(18-11-9-16(2)21(24)13-18)30(28,29)19-6-4-3-5-7-19/h3-13H,14H2,1-2H3,(H,25,27). The fraction of sp³-hybridized carbons (Fsp3) is 0.136. The molecular weight excluding hydrogens is 443 g/mol. The van der Waals surface area contributed by atoms with E-state index in [4.69, 9.17) is 23.2 Å². The van der Waals surface area contributed by atoms with Gasteiger partial charge in [-0.1, -0.05) is 53.5 Å². The Kier molecular flexibility index (Phi) is 6.71. The van der Waals surface area contributed by atoms with Crippen molar-refractivity contribution in [1.29, 1.82) is 0 Å². The lowest BCUT2D eigenvalue weighted by Crippen LogP contribution is -2.38. The van der Waals surface area contributed by atoms with E-state index < -0.39 is 22.5 Å².